The smallest absolute Gasteiger partial charge is 0.135 e. The predicted molar refractivity (Wildman–Crippen MR) is 255 cm³/mol. The third-order valence-corrected chi connectivity index (χ3v) is 12.8. The maximum atomic E-state index is 6.28. The van der Waals surface area contributed by atoms with Crippen molar-refractivity contribution in [1.82, 2.24) is 9.13 Å². The average molecular weight is 783 g/mol. The maximum absolute atomic E-state index is 6.28. The summed E-state index contributed by atoms with van der Waals surface area (Å²) in [6, 6.07) is 68.4. The van der Waals surface area contributed by atoms with Crippen LogP contribution < -0.4 is 0 Å². The fraction of sp³-hybridized carbons (Fsp3) is 0.0526. The molecule has 0 bridgehead atoms. The maximum Gasteiger partial charge on any atom is 0.135 e. The molecule has 9 aromatic carbocycles. The lowest BCUT2D eigenvalue weighted by Gasteiger charge is -2.13. The van der Waals surface area contributed by atoms with Gasteiger partial charge in [0.15, 0.2) is 0 Å². The molecule has 288 valence electrons. The molecule has 0 saturated carbocycles. The van der Waals surface area contributed by atoms with Crippen molar-refractivity contribution in [1.29, 1.82) is 0 Å². The molecule has 0 spiro atoms. The van der Waals surface area contributed by atoms with E-state index >= 15 is 0 Å². The van der Waals surface area contributed by atoms with E-state index in [2.05, 4.69) is 192 Å². The van der Waals surface area contributed by atoms with Crippen LogP contribution in [0.15, 0.2) is 197 Å². The normalized spacial score (nSPS) is 12.1. The van der Waals surface area contributed by atoms with Gasteiger partial charge in [0.05, 0.1) is 22.1 Å². The van der Waals surface area contributed by atoms with Gasteiger partial charge in [0, 0.05) is 54.5 Å². The van der Waals surface area contributed by atoms with Crippen LogP contribution in [0.2, 0.25) is 0 Å². The van der Waals surface area contributed by atoms with Crippen molar-refractivity contribution in [2.45, 2.75) is 19.8 Å². The Bertz CT molecular complexity index is 3910. The molecule has 0 N–H and O–H groups in total. The highest BCUT2D eigenvalue weighted by Crippen LogP contribution is 2.40. The lowest BCUT2D eigenvalue weighted by molar-refractivity contribution is 0.668. The molecule has 0 fully saturated rings. The molecule has 0 radical (unpaired) electrons. The molecule has 4 nitrogen and oxygen atoms in total. The average Bonchev–Trinajstić information content (AvgIpc) is 4.06. The Hall–Kier alpha value is -7.82. The topological polar surface area (TPSA) is 36.1 Å². The largest absolute Gasteiger partial charge is 0.456 e. The lowest BCUT2D eigenvalue weighted by atomic mass is 10.00. The van der Waals surface area contributed by atoms with Crippen LogP contribution in [-0.4, -0.2) is 9.13 Å². The van der Waals surface area contributed by atoms with E-state index in [1.54, 1.807) is 0 Å². The van der Waals surface area contributed by atoms with Crippen molar-refractivity contribution < 1.29 is 8.83 Å². The number of hydrogen-bond donors (Lipinski definition) is 0. The first-order valence-electron chi connectivity index (χ1n) is 21.2. The van der Waals surface area contributed by atoms with E-state index in [0.717, 1.165) is 62.7 Å². The molecule has 0 saturated heterocycles. The first-order chi connectivity index (χ1) is 30.2. The van der Waals surface area contributed by atoms with E-state index in [4.69, 9.17) is 8.83 Å². The number of aryl methyl sites for hydroxylation is 1. The number of hydrogen-bond acceptors (Lipinski definition) is 2. The van der Waals surface area contributed by atoms with Crippen LogP contribution in [0.4, 0.5) is 0 Å². The van der Waals surface area contributed by atoms with Gasteiger partial charge in [0.2, 0.25) is 0 Å². The van der Waals surface area contributed by atoms with Crippen LogP contribution in [0.1, 0.15) is 18.9 Å². The summed E-state index contributed by atoms with van der Waals surface area (Å²) in [5.74, 6) is 0. The van der Waals surface area contributed by atoms with E-state index in [9.17, 15) is 0 Å². The summed E-state index contributed by atoms with van der Waals surface area (Å²) < 4.78 is 17.3. The first kappa shape index (κ1) is 34.1. The van der Waals surface area contributed by atoms with Gasteiger partial charge in [-0.3, -0.25) is 0 Å². The van der Waals surface area contributed by atoms with Crippen LogP contribution in [0.5, 0.6) is 0 Å². The summed E-state index contributed by atoms with van der Waals surface area (Å²) in [7, 11) is 0. The van der Waals surface area contributed by atoms with E-state index in [1.165, 1.54) is 76.8 Å². The Morgan fingerprint density at radius 1 is 0.328 bits per heavy atom. The van der Waals surface area contributed by atoms with Crippen molar-refractivity contribution in [3.8, 4) is 33.6 Å². The summed E-state index contributed by atoms with van der Waals surface area (Å²) in [5, 5.41) is 9.54. The monoisotopic (exact) mass is 782 g/mol. The Morgan fingerprint density at radius 2 is 0.754 bits per heavy atom. The van der Waals surface area contributed by atoms with E-state index in [1.807, 2.05) is 12.1 Å². The zero-order chi connectivity index (χ0) is 40.2. The minimum atomic E-state index is 0.910. The molecule has 0 aliphatic heterocycles. The SMILES string of the molecule is CCCc1ccc2oc3ccc(-c4ccc5c(c4)c4ccccc4n5-c4cccc(-n5c6ccccc6c6cc(-c7ccc8oc9ccccc9c8c7)ccc65)c4)cc3c2c1. The highest BCUT2D eigenvalue weighted by Gasteiger charge is 2.18. The third-order valence-electron chi connectivity index (χ3n) is 12.8. The zero-order valence-electron chi connectivity index (χ0n) is 33.5. The van der Waals surface area contributed by atoms with Gasteiger partial charge >= 0.3 is 0 Å². The highest BCUT2D eigenvalue weighted by atomic mass is 16.3. The van der Waals surface area contributed by atoms with Crippen LogP contribution in [-0.2, 0) is 6.42 Å². The number of furan rings is 2. The molecule has 13 rings (SSSR count). The fourth-order valence-corrected chi connectivity index (χ4v) is 9.99. The second kappa shape index (κ2) is 13.1. The highest BCUT2D eigenvalue weighted by molar-refractivity contribution is 6.13. The van der Waals surface area contributed by atoms with Crippen molar-refractivity contribution >= 4 is 87.5 Å². The van der Waals surface area contributed by atoms with Crippen molar-refractivity contribution in [3.05, 3.63) is 194 Å². The minimum absolute atomic E-state index is 0.910. The number of fused-ring (bicyclic) bond motifs is 12. The van der Waals surface area contributed by atoms with Crippen molar-refractivity contribution in [2.24, 2.45) is 0 Å². The van der Waals surface area contributed by atoms with Crippen LogP contribution >= 0.6 is 0 Å². The van der Waals surface area contributed by atoms with Gasteiger partial charge in [0.1, 0.15) is 22.3 Å². The van der Waals surface area contributed by atoms with Gasteiger partial charge in [-0.25, -0.2) is 0 Å². The van der Waals surface area contributed by atoms with Crippen LogP contribution in [0, 0.1) is 0 Å². The molecule has 0 atom stereocenters. The minimum Gasteiger partial charge on any atom is -0.456 e. The Balaban J connectivity index is 0.934. The zero-order valence-corrected chi connectivity index (χ0v) is 33.5. The molecule has 0 aliphatic carbocycles. The standard InChI is InChI=1S/C57H38N2O2/c1-2-10-35-19-26-55-47(29-35)49-33-39(23-28-57(49)61-55)37-21-25-53-46(31-37)43-14-4-7-17-51(43)59(53)41-12-9-11-40(34-41)58-50-16-6-3-13-42(50)45-30-36(20-24-52(45)58)38-22-27-56-48(32-38)44-15-5-8-18-54(44)60-56/h3-9,11-34H,2,10H2,1H3. The Labute approximate surface area is 351 Å². The quantitative estimate of drug-likeness (QED) is 0.168. The molecule has 4 heterocycles. The predicted octanol–water partition coefficient (Wildman–Crippen LogP) is 16.0. The summed E-state index contributed by atoms with van der Waals surface area (Å²) >= 11 is 0. The van der Waals surface area contributed by atoms with E-state index < -0.39 is 0 Å². The van der Waals surface area contributed by atoms with Crippen LogP contribution in [0.3, 0.4) is 0 Å². The molecule has 0 unspecified atom stereocenters. The second-order valence-corrected chi connectivity index (χ2v) is 16.4. The summed E-state index contributed by atoms with van der Waals surface area (Å²) in [6.45, 7) is 2.23. The van der Waals surface area contributed by atoms with Gasteiger partial charge in [-0.05, 0) is 131 Å². The molecule has 0 aliphatic rings. The number of rotatable bonds is 6. The molecular weight excluding hydrogens is 745 g/mol. The van der Waals surface area contributed by atoms with E-state index in [-0.39, 0.29) is 0 Å². The Morgan fingerprint density at radius 3 is 1.33 bits per heavy atom. The second-order valence-electron chi connectivity index (χ2n) is 16.4. The van der Waals surface area contributed by atoms with Gasteiger partial charge < -0.3 is 18.0 Å². The molecule has 4 heteroatoms. The fourth-order valence-electron chi connectivity index (χ4n) is 9.99. The molecule has 13 aromatic rings. The van der Waals surface area contributed by atoms with Crippen molar-refractivity contribution in [2.75, 3.05) is 0 Å². The Kier molecular flexibility index (Phi) is 7.31. The number of aromatic nitrogens is 2. The first-order valence-corrected chi connectivity index (χ1v) is 21.2. The molecule has 4 aromatic heterocycles. The lowest BCUT2D eigenvalue weighted by Crippen LogP contribution is -1.98. The summed E-state index contributed by atoms with van der Waals surface area (Å²) in [5.41, 5.74) is 16.7. The van der Waals surface area contributed by atoms with E-state index in [0.29, 0.717) is 0 Å². The van der Waals surface area contributed by atoms with Crippen molar-refractivity contribution in [3.63, 3.8) is 0 Å². The van der Waals surface area contributed by atoms with Gasteiger partial charge in [-0.2, -0.15) is 0 Å². The number of nitrogens with zero attached hydrogens (tertiary/aromatic N) is 2. The summed E-state index contributed by atoms with van der Waals surface area (Å²) in [6.07, 6.45) is 2.18. The molecule has 0 amide bonds. The van der Waals surface area contributed by atoms with Gasteiger partial charge in [0.25, 0.3) is 0 Å². The van der Waals surface area contributed by atoms with Gasteiger partial charge in [-0.15, -0.1) is 0 Å². The molecule has 61 heavy (non-hydrogen) atoms. The number of benzene rings is 9. The summed E-state index contributed by atoms with van der Waals surface area (Å²) in [4.78, 5) is 0. The van der Waals surface area contributed by atoms with Crippen LogP contribution in [0.25, 0.3) is 121 Å². The molecular formula is C57H38N2O2. The third kappa shape index (κ3) is 5.19. The number of para-hydroxylation sites is 3. The van der Waals surface area contributed by atoms with Gasteiger partial charge in [-0.1, -0.05) is 104 Å².